The van der Waals surface area contributed by atoms with Gasteiger partial charge in [-0.15, -0.1) is 0 Å². The highest BCUT2D eigenvalue weighted by atomic mass is 16.5. The smallest absolute Gasteiger partial charge is 0.128 e. The molecule has 1 atom stereocenters. The van der Waals surface area contributed by atoms with Crippen LogP contribution in [0.3, 0.4) is 0 Å². The summed E-state index contributed by atoms with van der Waals surface area (Å²) < 4.78 is 10.7. The quantitative estimate of drug-likeness (QED) is 0.866. The van der Waals surface area contributed by atoms with Crippen molar-refractivity contribution in [2.24, 2.45) is 0 Å². The molecule has 4 heteroatoms. The van der Waals surface area contributed by atoms with Crippen LogP contribution in [0, 0.1) is 25.2 Å². The minimum absolute atomic E-state index is 0.404. The maximum atomic E-state index is 9.11. The van der Waals surface area contributed by atoms with Crippen molar-refractivity contribution >= 4 is 0 Å². The van der Waals surface area contributed by atoms with Gasteiger partial charge in [-0.2, -0.15) is 5.26 Å². The number of hydrogen-bond donors (Lipinski definition) is 1. The molecule has 0 saturated heterocycles. The van der Waals surface area contributed by atoms with E-state index in [9.17, 15) is 0 Å². The maximum absolute atomic E-state index is 9.11. The lowest BCUT2D eigenvalue weighted by Gasteiger charge is -2.19. The third-order valence-corrected chi connectivity index (χ3v) is 2.97. The highest BCUT2D eigenvalue weighted by Crippen LogP contribution is 2.36. The van der Waals surface area contributed by atoms with Gasteiger partial charge in [0.05, 0.1) is 20.3 Å². The summed E-state index contributed by atoms with van der Waals surface area (Å²) in [7, 11) is 4.98. The number of nitriles is 1. The molecule has 0 fully saturated rings. The molecule has 0 bridgehead atoms. The Kier molecular flexibility index (Phi) is 4.36. The summed E-state index contributed by atoms with van der Waals surface area (Å²) in [4.78, 5) is 0. The van der Waals surface area contributed by atoms with Gasteiger partial charge in [0, 0.05) is 5.56 Å². The molecule has 17 heavy (non-hydrogen) atoms. The van der Waals surface area contributed by atoms with Crippen molar-refractivity contribution in [1.82, 2.24) is 5.32 Å². The van der Waals surface area contributed by atoms with Gasteiger partial charge < -0.3 is 14.8 Å². The predicted octanol–water partition coefficient (Wildman–Crippen LogP) is 2.10. The first-order valence-corrected chi connectivity index (χ1v) is 5.39. The van der Waals surface area contributed by atoms with Gasteiger partial charge in [0.1, 0.15) is 17.5 Å². The van der Waals surface area contributed by atoms with E-state index < -0.39 is 6.04 Å². The summed E-state index contributed by atoms with van der Waals surface area (Å²) in [6.07, 6.45) is 0. The number of ether oxygens (including phenoxy) is 2. The molecule has 0 spiro atoms. The molecule has 0 aromatic heterocycles. The van der Waals surface area contributed by atoms with Gasteiger partial charge in [-0.05, 0) is 38.1 Å². The highest BCUT2D eigenvalue weighted by molar-refractivity contribution is 5.54. The summed E-state index contributed by atoms with van der Waals surface area (Å²) in [6, 6.07) is 3.64. The van der Waals surface area contributed by atoms with E-state index in [1.54, 1.807) is 21.3 Å². The van der Waals surface area contributed by atoms with Gasteiger partial charge >= 0.3 is 0 Å². The first-order valence-electron chi connectivity index (χ1n) is 5.39. The molecule has 0 saturated carbocycles. The van der Waals surface area contributed by atoms with Crippen LogP contribution in [0.25, 0.3) is 0 Å². The van der Waals surface area contributed by atoms with E-state index in [1.807, 2.05) is 19.9 Å². The average Bonchev–Trinajstić information content (AvgIpc) is 2.35. The molecule has 0 amide bonds. The number of nitrogens with one attached hydrogen (secondary N) is 1. The van der Waals surface area contributed by atoms with Gasteiger partial charge in [0.15, 0.2) is 0 Å². The third-order valence-electron chi connectivity index (χ3n) is 2.97. The van der Waals surface area contributed by atoms with Crippen molar-refractivity contribution in [1.29, 1.82) is 5.26 Å². The van der Waals surface area contributed by atoms with Gasteiger partial charge in [-0.3, -0.25) is 0 Å². The first-order chi connectivity index (χ1) is 8.10. The molecule has 0 aliphatic rings. The molecule has 1 aromatic carbocycles. The van der Waals surface area contributed by atoms with Crippen molar-refractivity contribution in [3.05, 3.63) is 22.8 Å². The lowest BCUT2D eigenvalue weighted by Crippen LogP contribution is -2.16. The fraction of sp³-hybridized carbons (Fsp3) is 0.462. The molecule has 1 rings (SSSR count). The second-order valence-electron chi connectivity index (χ2n) is 3.80. The minimum atomic E-state index is -0.404. The highest BCUT2D eigenvalue weighted by Gasteiger charge is 2.19. The molecule has 1 N–H and O–H groups in total. The molecule has 0 aliphatic carbocycles. The van der Waals surface area contributed by atoms with Crippen LogP contribution < -0.4 is 14.8 Å². The molecule has 0 radical (unpaired) electrons. The van der Waals surface area contributed by atoms with E-state index in [1.165, 1.54) is 0 Å². The Bertz CT molecular complexity index is 450. The van der Waals surface area contributed by atoms with Gasteiger partial charge in [0.25, 0.3) is 0 Å². The van der Waals surface area contributed by atoms with E-state index in [-0.39, 0.29) is 0 Å². The molecular formula is C13H18N2O2. The summed E-state index contributed by atoms with van der Waals surface area (Å²) in [5.74, 6) is 1.51. The first kappa shape index (κ1) is 13.3. The summed E-state index contributed by atoms with van der Waals surface area (Å²) in [5, 5.41) is 12.1. The molecule has 4 nitrogen and oxygen atoms in total. The summed E-state index contributed by atoms with van der Waals surface area (Å²) >= 11 is 0. The second kappa shape index (κ2) is 5.55. The van der Waals surface area contributed by atoms with Gasteiger partial charge in [0.2, 0.25) is 0 Å². The number of methoxy groups -OCH3 is 2. The number of nitrogens with zero attached hydrogens (tertiary/aromatic N) is 1. The SMILES string of the molecule is CNC(C#N)c1cc(OC)c(C)c(C)c1OC. The number of hydrogen-bond acceptors (Lipinski definition) is 4. The van der Waals surface area contributed by atoms with Crippen LogP contribution in [0.2, 0.25) is 0 Å². The van der Waals surface area contributed by atoms with Crippen LogP contribution in [0.5, 0.6) is 11.5 Å². The van der Waals surface area contributed by atoms with Crippen LogP contribution in [0.15, 0.2) is 6.07 Å². The molecule has 0 heterocycles. The van der Waals surface area contributed by atoms with Crippen LogP contribution in [-0.2, 0) is 0 Å². The van der Waals surface area contributed by atoms with Crippen LogP contribution in [0.1, 0.15) is 22.7 Å². The zero-order chi connectivity index (χ0) is 13.0. The Morgan fingerprint density at radius 1 is 1.24 bits per heavy atom. The normalized spacial score (nSPS) is 11.8. The van der Waals surface area contributed by atoms with Crippen LogP contribution in [-0.4, -0.2) is 21.3 Å². The zero-order valence-corrected chi connectivity index (χ0v) is 10.9. The average molecular weight is 234 g/mol. The lowest BCUT2D eigenvalue weighted by molar-refractivity contribution is 0.390. The number of benzene rings is 1. The maximum Gasteiger partial charge on any atom is 0.128 e. The fourth-order valence-corrected chi connectivity index (χ4v) is 1.87. The zero-order valence-electron chi connectivity index (χ0n) is 10.9. The van der Waals surface area contributed by atoms with Crippen LogP contribution >= 0.6 is 0 Å². The van der Waals surface area contributed by atoms with Crippen molar-refractivity contribution < 1.29 is 9.47 Å². The van der Waals surface area contributed by atoms with Gasteiger partial charge in [-0.25, -0.2) is 0 Å². The van der Waals surface area contributed by atoms with Crippen molar-refractivity contribution in [2.45, 2.75) is 19.9 Å². The predicted molar refractivity (Wildman–Crippen MR) is 66.4 cm³/mol. The van der Waals surface area contributed by atoms with Gasteiger partial charge in [-0.1, -0.05) is 0 Å². The second-order valence-corrected chi connectivity index (χ2v) is 3.80. The molecular weight excluding hydrogens is 216 g/mol. The van der Waals surface area contributed by atoms with Crippen molar-refractivity contribution in [2.75, 3.05) is 21.3 Å². The Hall–Kier alpha value is -1.73. The molecule has 0 aliphatic heterocycles. The Morgan fingerprint density at radius 3 is 2.29 bits per heavy atom. The summed E-state index contributed by atoms with van der Waals surface area (Å²) in [5.41, 5.74) is 2.83. The molecule has 1 aromatic rings. The van der Waals surface area contributed by atoms with E-state index in [0.717, 1.165) is 28.2 Å². The van der Waals surface area contributed by atoms with E-state index in [0.29, 0.717) is 0 Å². The minimum Gasteiger partial charge on any atom is -0.496 e. The van der Waals surface area contributed by atoms with E-state index >= 15 is 0 Å². The molecule has 92 valence electrons. The lowest BCUT2D eigenvalue weighted by atomic mass is 9.98. The Morgan fingerprint density at radius 2 is 1.88 bits per heavy atom. The summed E-state index contributed by atoms with van der Waals surface area (Å²) in [6.45, 7) is 3.94. The largest absolute Gasteiger partial charge is 0.496 e. The Balaban J connectivity index is 3.48. The Labute approximate surface area is 102 Å². The van der Waals surface area contributed by atoms with E-state index in [2.05, 4.69) is 11.4 Å². The fourth-order valence-electron chi connectivity index (χ4n) is 1.87. The van der Waals surface area contributed by atoms with E-state index in [4.69, 9.17) is 14.7 Å². The van der Waals surface area contributed by atoms with Crippen molar-refractivity contribution in [3.63, 3.8) is 0 Å². The molecule has 1 unspecified atom stereocenters. The number of rotatable bonds is 4. The van der Waals surface area contributed by atoms with Crippen LogP contribution in [0.4, 0.5) is 0 Å². The monoisotopic (exact) mass is 234 g/mol. The van der Waals surface area contributed by atoms with Crippen molar-refractivity contribution in [3.8, 4) is 17.6 Å². The third kappa shape index (κ3) is 2.34. The topological polar surface area (TPSA) is 54.3 Å². The standard InChI is InChI=1S/C13H18N2O2/c1-8-9(2)13(17-5)10(6-12(8)16-4)11(7-14)15-3/h6,11,15H,1-5H3.